The van der Waals surface area contributed by atoms with Crippen LogP contribution in [0.25, 0.3) is 10.9 Å². The Morgan fingerprint density at radius 1 is 1.20 bits per heavy atom. The van der Waals surface area contributed by atoms with E-state index in [1.165, 1.54) is 17.0 Å². The van der Waals surface area contributed by atoms with E-state index in [4.69, 9.17) is 5.73 Å². The predicted octanol–water partition coefficient (Wildman–Crippen LogP) is 3.85. The highest BCUT2D eigenvalue weighted by Gasteiger charge is 2.42. The molecule has 4 rings (SSSR count). The van der Waals surface area contributed by atoms with Crippen molar-refractivity contribution in [2.75, 3.05) is 6.26 Å². The Morgan fingerprint density at radius 3 is 2.33 bits per heavy atom. The summed E-state index contributed by atoms with van der Waals surface area (Å²) < 4.78 is 44.4. The van der Waals surface area contributed by atoms with Crippen LogP contribution in [0.4, 0.5) is 4.39 Å². The van der Waals surface area contributed by atoms with Gasteiger partial charge >= 0.3 is 0 Å². The van der Waals surface area contributed by atoms with Gasteiger partial charge in [0.05, 0.1) is 23.5 Å². The van der Waals surface area contributed by atoms with Crippen LogP contribution in [0, 0.1) is 31.5 Å². The van der Waals surface area contributed by atoms with Crippen LogP contribution in [0.5, 0.6) is 0 Å². The molecule has 0 aliphatic heterocycles. The number of nitrogens with zero attached hydrogens (tertiary/aromatic N) is 2. The third kappa shape index (κ3) is 3.34. The number of carbonyl (C=O) groups is 1. The molecule has 0 saturated heterocycles. The Labute approximate surface area is 177 Å². The lowest BCUT2D eigenvalue weighted by atomic mass is 9.85. The first-order valence-electron chi connectivity index (χ1n) is 10.6. The van der Waals surface area contributed by atoms with Crippen LogP contribution in [-0.4, -0.2) is 35.5 Å². The summed E-state index contributed by atoms with van der Waals surface area (Å²) in [6, 6.07) is 3.18. The van der Waals surface area contributed by atoms with E-state index in [0.29, 0.717) is 28.5 Å². The Kier molecular flexibility index (Phi) is 5.21. The van der Waals surface area contributed by atoms with Crippen molar-refractivity contribution in [3.63, 3.8) is 0 Å². The Bertz CT molecular complexity index is 1110. The summed E-state index contributed by atoms with van der Waals surface area (Å²) in [5.41, 5.74) is 7.03. The summed E-state index contributed by atoms with van der Waals surface area (Å²) in [4.78, 5) is 12.2. The average Bonchev–Trinajstić information content (AvgIpc) is 3.13. The second kappa shape index (κ2) is 7.34. The molecule has 30 heavy (non-hydrogen) atoms. The normalized spacial score (nSPS) is 25.2. The molecule has 2 N–H and O–H groups in total. The first kappa shape index (κ1) is 21.3. The molecule has 164 valence electrons. The lowest BCUT2D eigenvalue weighted by Gasteiger charge is -2.40. The third-order valence-corrected chi connectivity index (χ3v) is 8.50. The van der Waals surface area contributed by atoms with Crippen LogP contribution in [0.15, 0.2) is 12.1 Å². The van der Waals surface area contributed by atoms with Crippen molar-refractivity contribution in [2.45, 2.75) is 65.1 Å². The van der Waals surface area contributed by atoms with Crippen molar-refractivity contribution in [3.8, 4) is 0 Å². The van der Waals surface area contributed by atoms with Crippen molar-refractivity contribution < 1.29 is 17.6 Å². The lowest BCUT2D eigenvalue weighted by molar-refractivity contribution is 0.100. The van der Waals surface area contributed by atoms with Crippen molar-refractivity contribution in [3.05, 3.63) is 34.8 Å². The number of amides is 1. The van der Waals surface area contributed by atoms with Gasteiger partial charge in [0.2, 0.25) is 10.0 Å². The Hall–Kier alpha value is -1.93. The molecule has 0 spiro atoms. The van der Waals surface area contributed by atoms with Crippen LogP contribution < -0.4 is 5.73 Å². The van der Waals surface area contributed by atoms with Gasteiger partial charge in [-0.25, -0.2) is 12.8 Å². The van der Waals surface area contributed by atoms with Crippen LogP contribution in [0.1, 0.15) is 66.8 Å². The number of hydrogen-bond acceptors (Lipinski definition) is 3. The summed E-state index contributed by atoms with van der Waals surface area (Å²) in [7, 11) is -3.58. The topological polar surface area (TPSA) is 85.4 Å². The summed E-state index contributed by atoms with van der Waals surface area (Å²) in [6.45, 7) is 5.14. The standard InChI is InChI=1S/C22H30FN3O3S/c1-12-5-8-18-19(22(24)27)13(2)25(21(18)20(12)23)14(3)26(30(4,28)29)17-10-15-6-7-16(9-15)11-17/h5,8,14-17H,6-7,9-11H2,1-4H3,(H2,24,27). The molecule has 3 unspecified atom stereocenters. The van der Waals surface area contributed by atoms with E-state index in [-0.39, 0.29) is 17.1 Å². The minimum Gasteiger partial charge on any atom is -0.366 e. The molecule has 8 heteroatoms. The van der Waals surface area contributed by atoms with Crippen LogP contribution in [-0.2, 0) is 10.0 Å². The van der Waals surface area contributed by atoms with E-state index >= 15 is 4.39 Å². The van der Waals surface area contributed by atoms with E-state index in [1.807, 2.05) is 0 Å². The molecule has 2 aliphatic rings. The molecule has 1 heterocycles. The van der Waals surface area contributed by atoms with Crippen molar-refractivity contribution in [2.24, 2.45) is 17.6 Å². The maximum atomic E-state index is 15.3. The number of hydrogen-bond donors (Lipinski definition) is 1. The molecule has 3 atom stereocenters. The summed E-state index contributed by atoms with van der Waals surface area (Å²) in [6.07, 6.45) is 5.68. The fraction of sp³-hybridized carbons (Fsp3) is 0.591. The molecular formula is C22H30FN3O3S. The van der Waals surface area contributed by atoms with Crippen molar-refractivity contribution in [1.29, 1.82) is 0 Å². The zero-order valence-electron chi connectivity index (χ0n) is 18.0. The van der Waals surface area contributed by atoms with Gasteiger partial charge in [-0.1, -0.05) is 25.0 Å². The number of halogens is 1. The van der Waals surface area contributed by atoms with E-state index in [1.54, 1.807) is 37.5 Å². The molecule has 6 nitrogen and oxygen atoms in total. The second-order valence-corrected chi connectivity index (χ2v) is 11.1. The van der Waals surface area contributed by atoms with Crippen LogP contribution >= 0.6 is 0 Å². The Morgan fingerprint density at radius 2 is 1.80 bits per heavy atom. The molecule has 1 amide bonds. The average molecular weight is 436 g/mol. The van der Waals surface area contributed by atoms with E-state index in [9.17, 15) is 13.2 Å². The van der Waals surface area contributed by atoms with Gasteiger partial charge < -0.3 is 10.3 Å². The summed E-state index contributed by atoms with van der Waals surface area (Å²) in [5.74, 6) is 0.00108. The second-order valence-electron chi connectivity index (χ2n) is 9.18. The number of aryl methyl sites for hydroxylation is 1. The maximum Gasteiger partial charge on any atom is 0.251 e. The number of fused-ring (bicyclic) bond motifs is 3. The van der Waals surface area contributed by atoms with Gasteiger partial charge in [-0.05, 0) is 57.4 Å². The van der Waals surface area contributed by atoms with Gasteiger partial charge in [-0.3, -0.25) is 4.79 Å². The van der Waals surface area contributed by atoms with Gasteiger partial charge in [-0.2, -0.15) is 4.31 Å². The van der Waals surface area contributed by atoms with E-state index in [2.05, 4.69) is 0 Å². The van der Waals surface area contributed by atoms with E-state index in [0.717, 1.165) is 25.7 Å². The molecule has 2 aromatic rings. The molecule has 0 radical (unpaired) electrons. The number of benzene rings is 1. The van der Waals surface area contributed by atoms with E-state index < -0.39 is 27.9 Å². The molecule has 2 saturated carbocycles. The van der Waals surface area contributed by atoms with Crippen molar-refractivity contribution >= 4 is 26.8 Å². The molecular weight excluding hydrogens is 405 g/mol. The number of rotatable bonds is 5. The SMILES string of the molecule is Cc1ccc2c(C(N)=O)c(C)n(C(C)N(C3CC4CCC(C4)C3)S(C)(=O)=O)c2c1F. The van der Waals surface area contributed by atoms with Gasteiger partial charge in [0.25, 0.3) is 5.91 Å². The number of primary amides is 1. The number of sulfonamides is 1. The first-order chi connectivity index (χ1) is 14.0. The monoisotopic (exact) mass is 435 g/mol. The van der Waals surface area contributed by atoms with Gasteiger partial charge in [0.15, 0.2) is 0 Å². The van der Waals surface area contributed by atoms with Crippen molar-refractivity contribution in [1.82, 2.24) is 8.87 Å². The summed E-state index contributed by atoms with van der Waals surface area (Å²) in [5, 5.41) is 0.423. The molecule has 1 aromatic heterocycles. The first-order valence-corrected chi connectivity index (χ1v) is 12.4. The largest absolute Gasteiger partial charge is 0.366 e. The predicted molar refractivity (Wildman–Crippen MR) is 115 cm³/mol. The molecule has 1 aromatic carbocycles. The highest BCUT2D eigenvalue weighted by atomic mass is 32.2. The fourth-order valence-electron chi connectivity index (χ4n) is 6.01. The smallest absolute Gasteiger partial charge is 0.251 e. The van der Waals surface area contributed by atoms with Crippen LogP contribution in [0.2, 0.25) is 0 Å². The lowest BCUT2D eigenvalue weighted by Crippen LogP contribution is -2.46. The zero-order chi connectivity index (χ0) is 22.0. The van der Waals surface area contributed by atoms with Crippen LogP contribution in [0.3, 0.4) is 0 Å². The minimum atomic E-state index is -3.58. The maximum absolute atomic E-state index is 15.3. The number of aromatic nitrogens is 1. The highest BCUT2D eigenvalue weighted by molar-refractivity contribution is 7.88. The molecule has 2 aliphatic carbocycles. The van der Waals surface area contributed by atoms with Gasteiger partial charge in [0.1, 0.15) is 5.82 Å². The number of nitrogens with two attached hydrogens (primary N) is 1. The highest BCUT2D eigenvalue weighted by Crippen LogP contribution is 2.45. The summed E-state index contributed by atoms with van der Waals surface area (Å²) >= 11 is 0. The fourth-order valence-corrected chi connectivity index (χ4v) is 7.37. The van der Waals surface area contributed by atoms with Gasteiger partial charge in [0, 0.05) is 17.1 Å². The zero-order valence-corrected chi connectivity index (χ0v) is 18.8. The Balaban J connectivity index is 1.90. The minimum absolute atomic E-state index is 0.122. The molecule has 2 fully saturated rings. The number of carbonyl (C=O) groups excluding carboxylic acids is 1. The molecule has 2 bridgehead atoms. The third-order valence-electron chi connectivity index (χ3n) is 7.13. The van der Waals surface area contributed by atoms with Gasteiger partial charge in [-0.15, -0.1) is 0 Å². The quantitative estimate of drug-likeness (QED) is 0.774.